The van der Waals surface area contributed by atoms with Crippen LogP contribution in [0.1, 0.15) is 13.8 Å². The first-order valence-corrected chi connectivity index (χ1v) is 7.14. The molecule has 0 atom stereocenters. The summed E-state index contributed by atoms with van der Waals surface area (Å²) in [5, 5.41) is 2.87. The van der Waals surface area contributed by atoms with Crippen LogP contribution in [-0.2, 0) is 0 Å². The molecule has 0 N–H and O–H groups in total. The molecule has 0 aliphatic rings. The van der Waals surface area contributed by atoms with E-state index in [0.29, 0.717) is 0 Å². The molecule has 0 saturated carbocycles. The van der Waals surface area contributed by atoms with Gasteiger partial charge in [-0.25, -0.2) is 0 Å². The van der Waals surface area contributed by atoms with Crippen molar-refractivity contribution in [3.05, 3.63) is 0 Å². The van der Waals surface area contributed by atoms with Gasteiger partial charge in [-0.2, -0.15) is 0 Å². The van der Waals surface area contributed by atoms with Crippen LogP contribution >= 0.6 is 0 Å². The molecular weight excluding hydrogens is 159 g/mol. The van der Waals surface area contributed by atoms with Gasteiger partial charge in [-0.05, 0) is 0 Å². The molecule has 0 saturated heterocycles. The van der Waals surface area contributed by atoms with Gasteiger partial charge in [-0.15, -0.1) is 0 Å². The van der Waals surface area contributed by atoms with E-state index in [2.05, 4.69) is 31.8 Å². The molecule has 0 spiro atoms. The van der Waals surface area contributed by atoms with Gasteiger partial charge >= 0.3 is 56.9 Å². The fourth-order valence-electron chi connectivity index (χ4n) is 0.882. The molecule has 49 valence electrons. The van der Waals surface area contributed by atoms with Crippen LogP contribution in [0.15, 0.2) is 0 Å². The maximum absolute atomic E-state index is 2.44. The second-order valence-electron chi connectivity index (χ2n) is 2.17. The molecule has 1 nitrogen and oxygen atoms in total. The third-order valence-corrected chi connectivity index (χ3v) is 7.53. The fraction of sp³-hybridized carbons (Fsp3) is 1.00. The number of hydrogen-bond acceptors (Lipinski definition) is 1. The number of hydrogen-bond donors (Lipinski definition) is 0. The molecule has 0 aromatic carbocycles. The van der Waals surface area contributed by atoms with Crippen LogP contribution in [-0.4, -0.2) is 32.5 Å². The quantitative estimate of drug-likeness (QED) is 0.588. The Labute approximate surface area is 57.4 Å². The van der Waals surface area contributed by atoms with Gasteiger partial charge in [0.2, 0.25) is 0 Å². The Bertz CT molecular complexity index is 50.5. The van der Waals surface area contributed by atoms with Gasteiger partial charge in [0, 0.05) is 0 Å². The summed E-state index contributed by atoms with van der Waals surface area (Å²) in [5.41, 5.74) is 0. The zero-order chi connectivity index (χ0) is 6.57. The summed E-state index contributed by atoms with van der Waals surface area (Å²) in [4.78, 5) is 0. The van der Waals surface area contributed by atoms with Crippen LogP contribution in [0.25, 0.3) is 0 Å². The summed E-state index contributed by atoms with van der Waals surface area (Å²) in [5.74, 6) is 0. The molecule has 0 amide bonds. The monoisotopic (exact) mass is 176 g/mol. The molecule has 0 unspecified atom stereocenters. The molecule has 0 rings (SSSR count). The van der Waals surface area contributed by atoms with Crippen molar-refractivity contribution in [2.75, 3.05) is 14.1 Å². The Morgan fingerprint density at radius 2 is 1.50 bits per heavy atom. The normalized spacial score (nSPS) is 11.2. The fourth-order valence-corrected chi connectivity index (χ4v) is 4.59. The van der Waals surface area contributed by atoms with E-state index < -0.39 is 14.6 Å². The average molecular weight is 175 g/mol. The van der Waals surface area contributed by atoms with Crippen molar-refractivity contribution in [3.8, 4) is 0 Å². The van der Waals surface area contributed by atoms with E-state index in [1.165, 1.54) is 10.5 Å². The van der Waals surface area contributed by atoms with Gasteiger partial charge in [0.25, 0.3) is 0 Å². The maximum atomic E-state index is 2.44. The van der Waals surface area contributed by atoms with E-state index in [4.69, 9.17) is 0 Å². The van der Waals surface area contributed by atoms with Crippen molar-refractivity contribution in [1.29, 1.82) is 0 Å². The van der Waals surface area contributed by atoms with Crippen LogP contribution in [0, 0.1) is 0 Å². The van der Waals surface area contributed by atoms with E-state index >= 15 is 0 Å². The molecule has 1 radical (unpaired) electrons. The summed E-state index contributed by atoms with van der Waals surface area (Å²) in [6.45, 7) is 4.61. The predicted octanol–water partition coefficient (Wildman–Crippen LogP) is 1.58. The summed E-state index contributed by atoms with van der Waals surface area (Å²) in [6.07, 6.45) is 0. The number of nitrogens with zero attached hydrogens (tertiary/aromatic N) is 1. The molecular formula is C6H16GeN. The van der Waals surface area contributed by atoms with Crippen LogP contribution in [0.5, 0.6) is 0 Å². The summed E-state index contributed by atoms with van der Waals surface area (Å²) in [7, 11) is 4.42. The van der Waals surface area contributed by atoms with E-state index in [-0.39, 0.29) is 0 Å². The van der Waals surface area contributed by atoms with Crippen molar-refractivity contribution >= 4 is 14.6 Å². The summed E-state index contributed by atoms with van der Waals surface area (Å²) in [6, 6.07) is 0. The first-order chi connectivity index (χ1) is 3.72. The molecule has 0 aliphatic heterocycles. The van der Waals surface area contributed by atoms with Crippen molar-refractivity contribution in [3.63, 3.8) is 0 Å². The molecule has 0 aliphatic carbocycles. The van der Waals surface area contributed by atoms with E-state index in [0.717, 1.165) is 0 Å². The first kappa shape index (κ1) is 8.50. The second kappa shape index (κ2) is 4.39. The third-order valence-electron chi connectivity index (χ3n) is 1.45. The standard InChI is InChI=1S/C6H16GeN/c1-5-7(6-2)8(3)4/h5-6H2,1-4H3. The zero-order valence-electron chi connectivity index (χ0n) is 6.36. The molecule has 0 aromatic heterocycles. The first-order valence-electron chi connectivity index (χ1n) is 3.24. The van der Waals surface area contributed by atoms with Gasteiger partial charge in [0.05, 0.1) is 0 Å². The Kier molecular flexibility index (Phi) is 4.66. The zero-order valence-corrected chi connectivity index (χ0v) is 8.46. The van der Waals surface area contributed by atoms with Crippen LogP contribution < -0.4 is 0 Å². The van der Waals surface area contributed by atoms with Crippen LogP contribution in [0.3, 0.4) is 0 Å². The molecule has 0 heterocycles. The van der Waals surface area contributed by atoms with E-state index in [1.807, 2.05) is 0 Å². The van der Waals surface area contributed by atoms with Crippen LogP contribution in [0.2, 0.25) is 10.5 Å². The van der Waals surface area contributed by atoms with Gasteiger partial charge in [0.15, 0.2) is 0 Å². The Morgan fingerprint density at radius 3 is 1.50 bits per heavy atom. The average Bonchev–Trinajstić information content (AvgIpc) is 1.69. The Balaban J connectivity index is 3.35. The minimum absolute atomic E-state index is 0.676. The topological polar surface area (TPSA) is 3.24 Å². The van der Waals surface area contributed by atoms with Crippen molar-refractivity contribution in [2.45, 2.75) is 24.4 Å². The Morgan fingerprint density at radius 1 is 1.12 bits per heavy atom. The summed E-state index contributed by atoms with van der Waals surface area (Å²) < 4.78 is 2.44. The second-order valence-corrected chi connectivity index (χ2v) is 9.39. The van der Waals surface area contributed by atoms with Gasteiger partial charge in [-0.3, -0.25) is 0 Å². The minimum atomic E-state index is -0.676. The molecule has 0 aromatic rings. The molecule has 0 bridgehead atoms. The van der Waals surface area contributed by atoms with E-state index in [1.54, 1.807) is 0 Å². The van der Waals surface area contributed by atoms with Crippen LogP contribution in [0.4, 0.5) is 0 Å². The van der Waals surface area contributed by atoms with Gasteiger partial charge in [-0.1, -0.05) is 0 Å². The van der Waals surface area contributed by atoms with Gasteiger partial charge in [0.1, 0.15) is 0 Å². The van der Waals surface area contributed by atoms with Gasteiger partial charge < -0.3 is 0 Å². The molecule has 8 heavy (non-hydrogen) atoms. The summed E-state index contributed by atoms with van der Waals surface area (Å²) >= 11 is -0.676. The molecule has 0 fully saturated rings. The van der Waals surface area contributed by atoms with Crippen molar-refractivity contribution in [2.24, 2.45) is 0 Å². The van der Waals surface area contributed by atoms with Crippen molar-refractivity contribution in [1.82, 2.24) is 3.86 Å². The SMILES string of the molecule is C[CH2][Ge]([CH2]C)[N](C)C. The predicted molar refractivity (Wildman–Crippen MR) is 40.4 cm³/mol. The third kappa shape index (κ3) is 2.72. The van der Waals surface area contributed by atoms with E-state index in [9.17, 15) is 0 Å². The molecule has 2 heteroatoms. The van der Waals surface area contributed by atoms with Crippen molar-refractivity contribution < 1.29 is 0 Å². The Hall–Kier alpha value is 0.503. The number of rotatable bonds is 3.